The van der Waals surface area contributed by atoms with Crippen LogP contribution in [-0.4, -0.2) is 37.5 Å². The summed E-state index contributed by atoms with van der Waals surface area (Å²) in [6, 6.07) is 0. The summed E-state index contributed by atoms with van der Waals surface area (Å²) in [5, 5.41) is 0. The van der Waals surface area contributed by atoms with Gasteiger partial charge in [0, 0.05) is 0 Å². The van der Waals surface area contributed by atoms with Crippen LogP contribution in [0.1, 0.15) is 0 Å². The Morgan fingerprint density at radius 2 is 0.800 bits per heavy atom. The molecule has 0 fully saturated rings. The fraction of sp³-hybridized carbons (Fsp3) is 1.00. The van der Waals surface area contributed by atoms with Crippen LogP contribution < -0.4 is 0 Å². The maximum absolute atomic E-state index is 10.6. The predicted molar refractivity (Wildman–Crippen MR) is 31.4 cm³/mol. The number of alkyl halides is 4. The van der Waals surface area contributed by atoms with Gasteiger partial charge in [-0.05, 0) is 0 Å². The largest absolute Gasteiger partial charge is 2.00 e. The minimum absolute atomic E-state index is 0. The second-order valence-electron chi connectivity index (χ2n) is 1.51. The standard InChI is InChI=1S/2CH2F2O3S.Mn/c2*2-1(3)7(4,5)6;/h2*1H,(H,4,5,6);/q;;+2/p-2. The third-order valence-electron chi connectivity index (χ3n) is 0.436. The molecule has 0 aliphatic carbocycles. The molecule has 0 spiro atoms. The molecule has 0 rings (SSSR count). The van der Waals surface area contributed by atoms with Gasteiger partial charge < -0.3 is 9.11 Å². The molecule has 13 heteroatoms. The molecule has 0 bridgehead atoms. The maximum atomic E-state index is 10.6. The first-order valence-electron chi connectivity index (χ1n) is 2.34. The van der Waals surface area contributed by atoms with Gasteiger partial charge in [0.25, 0.3) is 0 Å². The summed E-state index contributed by atoms with van der Waals surface area (Å²) in [6.07, 6.45) is 0. The molecule has 0 N–H and O–H groups in total. The summed E-state index contributed by atoms with van der Waals surface area (Å²) in [5.74, 6) is -7.57. The van der Waals surface area contributed by atoms with E-state index in [9.17, 15) is 17.6 Å². The van der Waals surface area contributed by atoms with Crippen molar-refractivity contribution in [2.45, 2.75) is 11.5 Å². The summed E-state index contributed by atoms with van der Waals surface area (Å²) in [5.41, 5.74) is 0. The molecule has 6 nitrogen and oxygen atoms in total. The van der Waals surface area contributed by atoms with E-state index in [1.807, 2.05) is 0 Å². The van der Waals surface area contributed by atoms with Gasteiger partial charge in [0.1, 0.15) is 0 Å². The summed E-state index contributed by atoms with van der Waals surface area (Å²) in [6.45, 7) is 0. The second kappa shape index (κ2) is 7.35. The fourth-order valence-electron chi connectivity index (χ4n) is 0. The van der Waals surface area contributed by atoms with Crippen molar-refractivity contribution in [3.63, 3.8) is 0 Å². The summed E-state index contributed by atoms with van der Waals surface area (Å²) in [7, 11) is -10.6. The molecule has 0 saturated carbocycles. The van der Waals surface area contributed by atoms with Crippen molar-refractivity contribution in [3.8, 4) is 0 Å². The van der Waals surface area contributed by atoms with Crippen LogP contribution in [0.25, 0.3) is 0 Å². The van der Waals surface area contributed by atoms with Crippen LogP contribution in [-0.2, 0) is 37.3 Å². The Morgan fingerprint density at radius 3 is 0.800 bits per heavy atom. The first kappa shape index (κ1) is 20.5. The Labute approximate surface area is 92.6 Å². The smallest absolute Gasteiger partial charge is 0.744 e. The van der Waals surface area contributed by atoms with Gasteiger partial charge in [0.2, 0.25) is 0 Å². The van der Waals surface area contributed by atoms with Crippen molar-refractivity contribution in [2.24, 2.45) is 0 Å². The quantitative estimate of drug-likeness (QED) is 0.385. The van der Waals surface area contributed by atoms with Crippen LogP contribution in [0.3, 0.4) is 0 Å². The van der Waals surface area contributed by atoms with E-state index in [0.29, 0.717) is 0 Å². The average Bonchev–Trinajstić information content (AvgIpc) is 1.83. The number of hydrogen-bond donors (Lipinski definition) is 0. The van der Waals surface area contributed by atoms with E-state index in [1.54, 1.807) is 0 Å². The van der Waals surface area contributed by atoms with Crippen molar-refractivity contribution in [3.05, 3.63) is 0 Å². The van der Waals surface area contributed by atoms with Crippen LogP contribution in [0, 0.1) is 0 Å². The van der Waals surface area contributed by atoms with E-state index in [2.05, 4.69) is 0 Å². The van der Waals surface area contributed by atoms with Crippen molar-refractivity contribution in [2.75, 3.05) is 0 Å². The SMILES string of the molecule is O=S(=O)([O-])C(F)F.O=S(=O)([O-])C(F)F.[Mn+2]. The second-order valence-corrected chi connectivity index (χ2v) is 4.19. The Kier molecular flexibility index (Phi) is 10.0. The van der Waals surface area contributed by atoms with Crippen molar-refractivity contribution in [1.82, 2.24) is 0 Å². The van der Waals surface area contributed by atoms with Gasteiger partial charge in [0.15, 0.2) is 20.2 Å². The van der Waals surface area contributed by atoms with Gasteiger partial charge in [-0.1, -0.05) is 0 Å². The molecule has 0 atom stereocenters. The zero-order chi connectivity index (χ0) is 12.2. The van der Waals surface area contributed by atoms with Gasteiger partial charge >= 0.3 is 28.6 Å². The minimum atomic E-state index is -5.32. The van der Waals surface area contributed by atoms with E-state index in [-0.39, 0.29) is 17.1 Å². The van der Waals surface area contributed by atoms with Gasteiger partial charge in [-0.25, -0.2) is 16.8 Å². The molecule has 93 valence electrons. The Morgan fingerprint density at radius 1 is 0.733 bits per heavy atom. The van der Waals surface area contributed by atoms with Crippen LogP contribution in [0.5, 0.6) is 0 Å². The van der Waals surface area contributed by atoms with E-state index < -0.39 is 31.8 Å². The molecule has 0 heterocycles. The van der Waals surface area contributed by atoms with Gasteiger partial charge in [0.05, 0.1) is 0 Å². The first-order valence-corrected chi connectivity index (χ1v) is 5.29. The fourth-order valence-corrected chi connectivity index (χ4v) is 0. The Balaban J connectivity index is -0.000000180. The number of halogens is 4. The van der Waals surface area contributed by atoms with Crippen LogP contribution in [0.4, 0.5) is 17.6 Å². The molecular formula is C2H2F4MnO6S2. The third kappa shape index (κ3) is 14.1. The maximum Gasteiger partial charge on any atom is 2.00 e. The molecule has 0 aliphatic rings. The topological polar surface area (TPSA) is 114 Å². The summed E-state index contributed by atoms with van der Waals surface area (Å²) >= 11 is 0. The zero-order valence-electron chi connectivity index (χ0n) is 6.31. The van der Waals surface area contributed by atoms with Gasteiger partial charge in [-0.2, -0.15) is 17.6 Å². The van der Waals surface area contributed by atoms with Gasteiger partial charge in [-0.15, -0.1) is 0 Å². The molecule has 0 unspecified atom stereocenters. The summed E-state index contributed by atoms with van der Waals surface area (Å²) in [4.78, 5) is 0. The molecule has 0 saturated heterocycles. The van der Waals surface area contributed by atoms with Gasteiger partial charge in [-0.3, -0.25) is 0 Å². The third-order valence-corrected chi connectivity index (χ3v) is 1.31. The number of hydrogen-bond acceptors (Lipinski definition) is 6. The number of rotatable bonds is 2. The predicted octanol–water partition coefficient (Wildman–Crippen LogP) is -0.494. The average molecular weight is 317 g/mol. The van der Waals surface area contributed by atoms with E-state index in [4.69, 9.17) is 25.9 Å². The monoisotopic (exact) mass is 317 g/mol. The summed E-state index contributed by atoms with van der Waals surface area (Å²) < 4.78 is 96.7. The molecule has 0 amide bonds. The Hall–Kier alpha value is 0.0595. The van der Waals surface area contributed by atoms with Crippen LogP contribution in [0.2, 0.25) is 0 Å². The van der Waals surface area contributed by atoms with Crippen molar-refractivity contribution >= 4 is 20.2 Å². The zero-order valence-corrected chi connectivity index (χ0v) is 9.12. The minimum Gasteiger partial charge on any atom is -0.744 e. The van der Waals surface area contributed by atoms with Crippen molar-refractivity contribution in [1.29, 1.82) is 0 Å². The molecule has 0 aromatic carbocycles. The van der Waals surface area contributed by atoms with E-state index >= 15 is 0 Å². The molecule has 0 aliphatic heterocycles. The van der Waals surface area contributed by atoms with Crippen LogP contribution in [0.15, 0.2) is 0 Å². The molecular weight excluding hydrogens is 315 g/mol. The van der Waals surface area contributed by atoms with E-state index in [1.165, 1.54) is 0 Å². The normalized spacial score (nSPS) is 11.7. The van der Waals surface area contributed by atoms with Crippen LogP contribution >= 0.6 is 0 Å². The molecule has 15 heavy (non-hydrogen) atoms. The molecule has 0 aromatic rings. The van der Waals surface area contributed by atoms with E-state index in [0.717, 1.165) is 0 Å². The molecule has 1 radical (unpaired) electrons. The molecule has 0 aromatic heterocycles. The van der Waals surface area contributed by atoms with Crippen molar-refractivity contribution < 1.29 is 60.6 Å². The first-order chi connectivity index (χ1) is 5.89. The Bertz CT molecular complexity index is 311.